The molecule has 1 aliphatic heterocycles. The Morgan fingerprint density at radius 2 is 2.00 bits per heavy atom. The summed E-state index contributed by atoms with van der Waals surface area (Å²) in [5.41, 5.74) is 5.24. The summed E-state index contributed by atoms with van der Waals surface area (Å²) in [7, 11) is 1.48. The van der Waals surface area contributed by atoms with E-state index in [1.54, 1.807) is 12.3 Å². The minimum atomic E-state index is -0.643. The molecule has 0 saturated heterocycles. The van der Waals surface area contributed by atoms with E-state index in [1.165, 1.54) is 13.4 Å². The van der Waals surface area contributed by atoms with Crippen LogP contribution >= 0.6 is 13.5 Å². The highest BCUT2D eigenvalue weighted by Gasteiger charge is 2.19. The number of pyridine rings is 2. The second-order valence-electron chi connectivity index (χ2n) is 8.20. The number of para-hydroxylation sites is 1. The van der Waals surface area contributed by atoms with E-state index in [4.69, 9.17) is 4.74 Å². The molecule has 3 aromatic heterocycles. The first-order valence-electron chi connectivity index (χ1n) is 11.0. The molecule has 1 aliphatic rings. The van der Waals surface area contributed by atoms with Gasteiger partial charge in [-0.05, 0) is 11.6 Å². The third-order valence-electron chi connectivity index (χ3n) is 5.98. The lowest BCUT2D eigenvalue weighted by Gasteiger charge is -2.17. The number of carbonyl (C=O) groups is 1. The molecule has 5 rings (SSSR count). The van der Waals surface area contributed by atoms with Crippen molar-refractivity contribution in [3.8, 4) is 11.3 Å². The lowest BCUT2D eigenvalue weighted by atomic mass is 9.96. The zero-order valence-electron chi connectivity index (χ0n) is 19.3. The van der Waals surface area contributed by atoms with Gasteiger partial charge in [-0.25, -0.2) is 14.4 Å². The first kappa shape index (κ1) is 24.5. The van der Waals surface area contributed by atoms with Crippen molar-refractivity contribution in [3.05, 3.63) is 77.3 Å². The predicted octanol–water partition coefficient (Wildman–Crippen LogP) is 3.94. The topological polar surface area (TPSA) is 102 Å². The number of nitrogens with one attached hydrogen (secondary N) is 2. The number of hydrogen-bond acceptors (Lipinski definition) is 7. The molecule has 0 spiro atoms. The molecule has 2 N–H and O–H groups in total. The number of amides is 1. The fourth-order valence-electron chi connectivity index (χ4n) is 4.15. The molecule has 0 unspecified atom stereocenters. The number of ether oxygens (including phenoxy) is 1. The number of fused-ring (bicyclic) bond motifs is 2. The molecule has 4 heterocycles. The van der Waals surface area contributed by atoms with Gasteiger partial charge in [0.05, 0.1) is 41.9 Å². The highest BCUT2D eigenvalue weighted by molar-refractivity contribution is 7.59. The van der Waals surface area contributed by atoms with E-state index in [-0.39, 0.29) is 25.0 Å². The van der Waals surface area contributed by atoms with Crippen LogP contribution in [-0.2, 0) is 18.0 Å². The summed E-state index contributed by atoms with van der Waals surface area (Å²) < 4.78 is 19.8. The maximum Gasteiger partial charge on any atom is 0.254 e. The van der Waals surface area contributed by atoms with Gasteiger partial charge >= 0.3 is 0 Å². The average Bonchev–Trinajstić information content (AvgIpc) is 3.34. The Balaban J connectivity index is 0.00000289. The molecule has 10 heteroatoms. The van der Waals surface area contributed by atoms with Crippen LogP contribution in [0.5, 0.6) is 0 Å². The van der Waals surface area contributed by atoms with Crippen molar-refractivity contribution in [2.45, 2.75) is 26.1 Å². The molecule has 0 aliphatic carbocycles. The van der Waals surface area contributed by atoms with Crippen LogP contribution in [0.1, 0.15) is 40.0 Å². The van der Waals surface area contributed by atoms with E-state index < -0.39 is 11.7 Å². The summed E-state index contributed by atoms with van der Waals surface area (Å²) in [6, 6.07) is 9.40. The number of nitrogens with zero attached hydrogens (tertiary/aromatic N) is 4. The van der Waals surface area contributed by atoms with Gasteiger partial charge in [0.15, 0.2) is 5.82 Å². The summed E-state index contributed by atoms with van der Waals surface area (Å²) in [4.78, 5) is 29.7. The molecular formula is C25H25FN6O2S. The molecule has 35 heavy (non-hydrogen) atoms. The zero-order valence-corrected chi connectivity index (χ0v) is 20.3. The highest BCUT2D eigenvalue weighted by atomic mass is 32.1. The molecule has 180 valence electrons. The van der Waals surface area contributed by atoms with E-state index in [1.807, 2.05) is 25.1 Å². The Hall–Kier alpha value is -3.63. The molecule has 8 nitrogen and oxygen atoms in total. The quantitative estimate of drug-likeness (QED) is 0.420. The predicted molar refractivity (Wildman–Crippen MR) is 136 cm³/mol. The Bertz CT molecular complexity index is 1400. The third-order valence-corrected chi connectivity index (χ3v) is 5.98. The normalized spacial score (nSPS) is 13.1. The number of hydrogen-bond donors (Lipinski definition) is 2. The summed E-state index contributed by atoms with van der Waals surface area (Å²) in [5, 5.41) is 6.34. The van der Waals surface area contributed by atoms with Gasteiger partial charge < -0.3 is 15.4 Å². The molecule has 0 radical (unpaired) electrons. The standard InChI is InChI=1S/C25H23FN6O2.H2S/c1-14(17-4-3-5-18-23(25(33)27-2)19(26)10-30-24(17)18)8-29-22-7-20(31-13-32-22)15-6-16-11-34-12-21(16)28-9-15;/h3-7,9-10,13-14H,8,11-12H2,1-2H3,(H,27,33)(H,29,31,32);1H2/t14-;/m1./s1. The van der Waals surface area contributed by atoms with Crippen LogP contribution in [0, 0.1) is 5.82 Å². The van der Waals surface area contributed by atoms with Crippen LogP contribution in [0.4, 0.5) is 10.2 Å². The van der Waals surface area contributed by atoms with Gasteiger partial charge in [-0.3, -0.25) is 14.8 Å². The third kappa shape index (κ3) is 4.80. The number of halogens is 1. The largest absolute Gasteiger partial charge is 0.370 e. The number of aromatic nitrogens is 4. The fourth-order valence-corrected chi connectivity index (χ4v) is 4.15. The monoisotopic (exact) mass is 492 g/mol. The van der Waals surface area contributed by atoms with Gasteiger partial charge in [-0.1, -0.05) is 25.1 Å². The number of benzene rings is 1. The molecular weight excluding hydrogens is 467 g/mol. The molecule has 1 aromatic carbocycles. The first-order valence-corrected chi connectivity index (χ1v) is 11.0. The van der Waals surface area contributed by atoms with Gasteiger partial charge in [-0.15, -0.1) is 0 Å². The van der Waals surface area contributed by atoms with Crippen LogP contribution in [0.3, 0.4) is 0 Å². The Morgan fingerprint density at radius 1 is 1.14 bits per heavy atom. The Kier molecular flexibility index (Phi) is 7.23. The lowest BCUT2D eigenvalue weighted by molar-refractivity contribution is 0.0960. The minimum absolute atomic E-state index is 0. The molecule has 0 bridgehead atoms. The lowest BCUT2D eigenvalue weighted by Crippen LogP contribution is -2.20. The van der Waals surface area contributed by atoms with Crippen molar-refractivity contribution in [3.63, 3.8) is 0 Å². The van der Waals surface area contributed by atoms with Gasteiger partial charge in [0.2, 0.25) is 0 Å². The average molecular weight is 493 g/mol. The highest BCUT2D eigenvalue weighted by Crippen LogP contribution is 2.28. The van der Waals surface area contributed by atoms with E-state index in [0.29, 0.717) is 36.5 Å². The van der Waals surface area contributed by atoms with E-state index in [0.717, 1.165) is 34.3 Å². The maximum atomic E-state index is 14.3. The summed E-state index contributed by atoms with van der Waals surface area (Å²) in [5.74, 6) is -0.430. The van der Waals surface area contributed by atoms with E-state index in [2.05, 4.69) is 36.6 Å². The van der Waals surface area contributed by atoms with Crippen LogP contribution in [0.25, 0.3) is 22.2 Å². The molecule has 1 amide bonds. The van der Waals surface area contributed by atoms with Gasteiger partial charge in [0.1, 0.15) is 12.1 Å². The van der Waals surface area contributed by atoms with Crippen molar-refractivity contribution in [2.24, 2.45) is 0 Å². The zero-order chi connectivity index (χ0) is 23.7. The van der Waals surface area contributed by atoms with E-state index >= 15 is 0 Å². The Morgan fingerprint density at radius 3 is 2.83 bits per heavy atom. The number of carbonyl (C=O) groups excluding carboxylic acids is 1. The summed E-state index contributed by atoms with van der Waals surface area (Å²) in [6.45, 7) is 3.71. The molecule has 0 fully saturated rings. The molecule has 0 saturated carbocycles. The van der Waals surface area contributed by atoms with Crippen LogP contribution < -0.4 is 10.6 Å². The minimum Gasteiger partial charge on any atom is -0.370 e. The fraction of sp³-hybridized carbons (Fsp3) is 0.240. The van der Waals surface area contributed by atoms with Gasteiger partial charge in [-0.2, -0.15) is 13.5 Å². The van der Waals surface area contributed by atoms with Crippen LogP contribution in [0.2, 0.25) is 0 Å². The van der Waals surface area contributed by atoms with Crippen molar-refractivity contribution in [1.29, 1.82) is 0 Å². The van der Waals surface area contributed by atoms with Crippen LogP contribution in [-0.4, -0.2) is 39.4 Å². The Labute approximate surface area is 208 Å². The second-order valence-corrected chi connectivity index (χ2v) is 8.20. The summed E-state index contributed by atoms with van der Waals surface area (Å²) in [6.07, 6.45) is 4.42. The number of rotatable bonds is 6. The van der Waals surface area contributed by atoms with Crippen LogP contribution in [0.15, 0.2) is 49.1 Å². The van der Waals surface area contributed by atoms with Gasteiger partial charge in [0, 0.05) is 48.3 Å². The van der Waals surface area contributed by atoms with Crippen molar-refractivity contribution < 1.29 is 13.9 Å². The van der Waals surface area contributed by atoms with Crippen molar-refractivity contribution in [2.75, 3.05) is 18.9 Å². The smallest absolute Gasteiger partial charge is 0.254 e. The van der Waals surface area contributed by atoms with Crippen molar-refractivity contribution in [1.82, 2.24) is 25.3 Å². The van der Waals surface area contributed by atoms with E-state index in [9.17, 15) is 9.18 Å². The number of anilines is 1. The molecule has 1 atom stereocenters. The second kappa shape index (κ2) is 10.3. The molecule has 4 aromatic rings. The van der Waals surface area contributed by atoms with Crippen molar-refractivity contribution >= 4 is 36.1 Å². The maximum absolute atomic E-state index is 14.3. The first-order chi connectivity index (χ1) is 16.5. The van der Waals surface area contributed by atoms with Gasteiger partial charge in [0.25, 0.3) is 5.91 Å². The summed E-state index contributed by atoms with van der Waals surface area (Å²) >= 11 is 0. The SMILES string of the molecule is CNC(=O)c1c(F)cnc2c([C@H](C)CNc3cc(-c4cnc5c(c4)COC5)ncn3)cccc12.S.